The number of amides is 3. The Hall–Kier alpha value is -3.22. The van der Waals surface area contributed by atoms with E-state index in [4.69, 9.17) is 0 Å². The Kier molecular flexibility index (Phi) is 11.8. The third kappa shape index (κ3) is 10.6. The number of aryl methyl sites for hydroxylation is 1. The summed E-state index contributed by atoms with van der Waals surface area (Å²) in [6, 6.07) is 13.3. The molecule has 0 heterocycles. The van der Waals surface area contributed by atoms with E-state index >= 15 is 0 Å². The minimum Gasteiger partial charge on any atom is -0.345 e. The molecule has 0 saturated carbocycles. The van der Waals surface area contributed by atoms with E-state index in [2.05, 4.69) is 17.6 Å². The van der Waals surface area contributed by atoms with E-state index in [9.17, 15) is 18.8 Å². The summed E-state index contributed by atoms with van der Waals surface area (Å²) in [7, 11) is 0. The highest BCUT2D eigenvalue weighted by Gasteiger charge is 2.18. The predicted octanol–water partition coefficient (Wildman–Crippen LogP) is 4.97. The molecule has 3 amide bonds. The van der Waals surface area contributed by atoms with Gasteiger partial charge in [-0.25, -0.2) is 4.39 Å². The van der Waals surface area contributed by atoms with Crippen LogP contribution in [-0.4, -0.2) is 35.7 Å². The van der Waals surface area contributed by atoms with Crippen molar-refractivity contribution < 1.29 is 18.8 Å². The Morgan fingerprint density at radius 1 is 0.912 bits per heavy atom. The lowest BCUT2D eigenvalue weighted by Gasteiger charge is -2.22. The van der Waals surface area contributed by atoms with Gasteiger partial charge >= 0.3 is 0 Å². The second-order valence-corrected chi connectivity index (χ2v) is 8.59. The molecule has 0 aliphatic heterocycles. The molecule has 2 rings (SSSR count). The standard InChI is InChI=1S/C27H36FN3O3/c1-3-4-5-6-7-8-12-27(34)31(19-22-13-15-23(28)16-14-22)20-26(33)29-18-25(32)30-24-11-9-10-21(2)17-24/h9-11,13-17H,3-8,12,18-20H2,1-2H3,(H,29,33)(H,30,32). The van der Waals surface area contributed by atoms with Gasteiger partial charge in [-0.15, -0.1) is 0 Å². The van der Waals surface area contributed by atoms with E-state index in [1.807, 2.05) is 25.1 Å². The fraction of sp³-hybridized carbons (Fsp3) is 0.444. The van der Waals surface area contributed by atoms with Gasteiger partial charge in [0.25, 0.3) is 0 Å². The van der Waals surface area contributed by atoms with Crippen LogP contribution in [0.25, 0.3) is 0 Å². The number of rotatable bonds is 14. The zero-order chi connectivity index (χ0) is 24.8. The molecule has 0 aromatic heterocycles. The van der Waals surface area contributed by atoms with Gasteiger partial charge in [0.1, 0.15) is 5.82 Å². The summed E-state index contributed by atoms with van der Waals surface area (Å²) < 4.78 is 13.3. The second kappa shape index (κ2) is 14.8. The zero-order valence-electron chi connectivity index (χ0n) is 20.2. The summed E-state index contributed by atoms with van der Waals surface area (Å²) in [5, 5.41) is 5.32. The third-order valence-electron chi connectivity index (χ3n) is 5.47. The molecule has 6 nitrogen and oxygen atoms in total. The SMILES string of the molecule is CCCCCCCCC(=O)N(CC(=O)NCC(=O)Nc1cccc(C)c1)Cc1ccc(F)cc1. The minimum absolute atomic E-state index is 0.126. The lowest BCUT2D eigenvalue weighted by Crippen LogP contribution is -2.42. The van der Waals surface area contributed by atoms with Crippen molar-refractivity contribution in [3.05, 3.63) is 65.5 Å². The van der Waals surface area contributed by atoms with Crippen LogP contribution >= 0.6 is 0 Å². The number of hydrogen-bond donors (Lipinski definition) is 2. The van der Waals surface area contributed by atoms with Crippen LogP contribution in [0, 0.1) is 12.7 Å². The molecule has 0 saturated heterocycles. The summed E-state index contributed by atoms with van der Waals surface area (Å²) in [5.74, 6) is -1.24. The largest absolute Gasteiger partial charge is 0.345 e. The van der Waals surface area contributed by atoms with E-state index in [-0.39, 0.29) is 37.3 Å². The molecule has 2 aromatic rings. The Morgan fingerprint density at radius 2 is 1.62 bits per heavy atom. The third-order valence-corrected chi connectivity index (χ3v) is 5.47. The summed E-state index contributed by atoms with van der Waals surface area (Å²) in [4.78, 5) is 39.0. The first-order valence-corrected chi connectivity index (χ1v) is 12.0. The maximum atomic E-state index is 13.3. The lowest BCUT2D eigenvalue weighted by molar-refractivity contribution is -0.137. The van der Waals surface area contributed by atoms with Crippen LogP contribution in [-0.2, 0) is 20.9 Å². The highest BCUT2D eigenvalue weighted by atomic mass is 19.1. The van der Waals surface area contributed by atoms with E-state index in [1.54, 1.807) is 18.2 Å². The van der Waals surface area contributed by atoms with Gasteiger partial charge in [0, 0.05) is 18.7 Å². The molecule has 0 aliphatic carbocycles. The number of benzene rings is 2. The fourth-order valence-corrected chi connectivity index (χ4v) is 3.59. The first-order valence-electron chi connectivity index (χ1n) is 12.0. The quantitative estimate of drug-likeness (QED) is 0.384. The number of unbranched alkanes of at least 4 members (excludes halogenated alkanes) is 5. The predicted molar refractivity (Wildman–Crippen MR) is 133 cm³/mol. The van der Waals surface area contributed by atoms with Crippen LogP contribution in [0.4, 0.5) is 10.1 Å². The van der Waals surface area contributed by atoms with E-state index in [0.717, 1.165) is 36.8 Å². The Bertz CT molecular complexity index is 931. The fourth-order valence-electron chi connectivity index (χ4n) is 3.59. The number of carbonyl (C=O) groups excluding carboxylic acids is 3. The van der Waals surface area contributed by atoms with Gasteiger partial charge in [-0.2, -0.15) is 0 Å². The molecule has 0 radical (unpaired) electrons. The molecule has 0 atom stereocenters. The van der Waals surface area contributed by atoms with E-state index < -0.39 is 5.91 Å². The molecule has 0 fully saturated rings. The van der Waals surface area contributed by atoms with Crippen molar-refractivity contribution in [1.29, 1.82) is 0 Å². The van der Waals surface area contributed by atoms with Crippen molar-refractivity contribution >= 4 is 23.4 Å². The zero-order valence-corrected chi connectivity index (χ0v) is 20.2. The van der Waals surface area contributed by atoms with Crippen molar-refractivity contribution in [2.24, 2.45) is 0 Å². The Labute approximate surface area is 201 Å². The van der Waals surface area contributed by atoms with Gasteiger partial charge in [-0.1, -0.05) is 63.3 Å². The second-order valence-electron chi connectivity index (χ2n) is 8.59. The van der Waals surface area contributed by atoms with Gasteiger partial charge in [-0.05, 0) is 48.7 Å². The minimum atomic E-state index is -0.419. The van der Waals surface area contributed by atoms with Gasteiger partial charge < -0.3 is 15.5 Å². The number of halogens is 1. The molecule has 34 heavy (non-hydrogen) atoms. The smallest absolute Gasteiger partial charge is 0.243 e. The molecular weight excluding hydrogens is 433 g/mol. The van der Waals surface area contributed by atoms with Gasteiger partial charge in [0.2, 0.25) is 17.7 Å². The monoisotopic (exact) mass is 469 g/mol. The molecule has 184 valence electrons. The molecule has 0 spiro atoms. The van der Waals surface area contributed by atoms with Crippen molar-refractivity contribution in [2.45, 2.75) is 65.3 Å². The van der Waals surface area contributed by atoms with E-state index in [1.165, 1.54) is 29.9 Å². The number of hydrogen-bond acceptors (Lipinski definition) is 3. The normalized spacial score (nSPS) is 10.6. The van der Waals surface area contributed by atoms with Crippen LogP contribution < -0.4 is 10.6 Å². The van der Waals surface area contributed by atoms with Gasteiger partial charge in [0.15, 0.2) is 0 Å². The van der Waals surface area contributed by atoms with Crippen molar-refractivity contribution in [2.75, 3.05) is 18.4 Å². The highest BCUT2D eigenvalue weighted by molar-refractivity contribution is 5.95. The van der Waals surface area contributed by atoms with Crippen LogP contribution in [0.3, 0.4) is 0 Å². The molecule has 2 N–H and O–H groups in total. The molecule has 0 bridgehead atoms. The van der Waals surface area contributed by atoms with Crippen molar-refractivity contribution in [3.8, 4) is 0 Å². The van der Waals surface area contributed by atoms with Gasteiger partial charge in [-0.3, -0.25) is 14.4 Å². The van der Waals surface area contributed by atoms with Crippen LogP contribution in [0.5, 0.6) is 0 Å². The van der Waals surface area contributed by atoms with Crippen LogP contribution in [0.15, 0.2) is 48.5 Å². The average Bonchev–Trinajstić information content (AvgIpc) is 2.81. The average molecular weight is 470 g/mol. The highest BCUT2D eigenvalue weighted by Crippen LogP contribution is 2.12. The first kappa shape index (κ1) is 27.0. The number of carbonyl (C=O) groups is 3. The Balaban J connectivity index is 1.88. The number of nitrogens with one attached hydrogen (secondary N) is 2. The summed E-state index contributed by atoms with van der Waals surface area (Å²) in [6.45, 7) is 3.94. The molecule has 0 unspecified atom stereocenters. The Morgan fingerprint density at radius 3 is 2.32 bits per heavy atom. The molecule has 7 heteroatoms. The topological polar surface area (TPSA) is 78.5 Å². The van der Waals surface area contributed by atoms with Crippen molar-refractivity contribution in [3.63, 3.8) is 0 Å². The van der Waals surface area contributed by atoms with Gasteiger partial charge in [0.05, 0.1) is 13.1 Å². The summed E-state index contributed by atoms with van der Waals surface area (Å²) >= 11 is 0. The maximum Gasteiger partial charge on any atom is 0.243 e. The summed E-state index contributed by atoms with van der Waals surface area (Å²) in [6.07, 6.45) is 6.72. The summed E-state index contributed by atoms with van der Waals surface area (Å²) in [5.41, 5.74) is 2.41. The number of nitrogens with zero attached hydrogens (tertiary/aromatic N) is 1. The maximum absolute atomic E-state index is 13.3. The van der Waals surface area contributed by atoms with Crippen molar-refractivity contribution in [1.82, 2.24) is 10.2 Å². The van der Waals surface area contributed by atoms with E-state index in [0.29, 0.717) is 12.1 Å². The molecular formula is C27H36FN3O3. The van der Waals surface area contributed by atoms with Crippen LogP contribution in [0.1, 0.15) is 63.0 Å². The lowest BCUT2D eigenvalue weighted by atomic mass is 10.1. The molecule has 0 aliphatic rings. The first-order chi connectivity index (χ1) is 16.4. The van der Waals surface area contributed by atoms with Crippen LogP contribution in [0.2, 0.25) is 0 Å². The molecule has 2 aromatic carbocycles. The number of anilines is 1.